The van der Waals surface area contributed by atoms with E-state index in [4.69, 9.17) is 4.74 Å². The second-order valence-electron chi connectivity index (χ2n) is 7.31. The molecule has 0 bridgehead atoms. The van der Waals surface area contributed by atoms with E-state index >= 15 is 0 Å². The first-order valence-corrected chi connectivity index (χ1v) is 10.8. The molecule has 5 nitrogen and oxygen atoms in total. The Hall–Kier alpha value is -2.34. The lowest BCUT2D eigenvalue weighted by molar-refractivity contribution is -0.126. The zero-order valence-electron chi connectivity index (χ0n) is 16.9. The molecule has 1 N–H and O–H groups in total. The number of benzene rings is 2. The van der Waals surface area contributed by atoms with E-state index in [1.807, 2.05) is 67.3 Å². The summed E-state index contributed by atoms with van der Waals surface area (Å²) >= 11 is 3.39. The van der Waals surface area contributed by atoms with Crippen molar-refractivity contribution in [2.75, 3.05) is 19.7 Å². The SMILES string of the molecule is CCOc1ccc(C(C)NC(=O)C2CCN(C(=O)c3ccc(Br)cc3)CC2)cc1. The minimum Gasteiger partial charge on any atom is -0.494 e. The number of nitrogens with zero attached hydrogens (tertiary/aromatic N) is 1. The van der Waals surface area contributed by atoms with Gasteiger partial charge in [-0.3, -0.25) is 9.59 Å². The number of amides is 2. The van der Waals surface area contributed by atoms with Crippen LogP contribution in [0.3, 0.4) is 0 Å². The van der Waals surface area contributed by atoms with Crippen LogP contribution in [0.25, 0.3) is 0 Å². The molecule has 3 rings (SSSR count). The van der Waals surface area contributed by atoms with Gasteiger partial charge in [0.2, 0.25) is 5.91 Å². The third-order valence-corrected chi connectivity index (χ3v) is 5.82. The van der Waals surface area contributed by atoms with Crippen molar-refractivity contribution < 1.29 is 14.3 Å². The van der Waals surface area contributed by atoms with Gasteiger partial charge in [-0.05, 0) is 68.7 Å². The summed E-state index contributed by atoms with van der Waals surface area (Å²) < 4.78 is 6.41. The van der Waals surface area contributed by atoms with Gasteiger partial charge in [-0.15, -0.1) is 0 Å². The fourth-order valence-electron chi connectivity index (χ4n) is 3.55. The number of hydrogen-bond acceptors (Lipinski definition) is 3. The van der Waals surface area contributed by atoms with Crippen LogP contribution in [0.5, 0.6) is 5.75 Å². The fourth-order valence-corrected chi connectivity index (χ4v) is 3.82. The van der Waals surface area contributed by atoms with Crippen LogP contribution >= 0.6 is 15.9 Å². The van der Waals surface area contributed by atoms with Crippen molar-refractivity contribution in [1.29, 1.82) is 0 Å². The molecule has 1 atom stereocenters. The molecule has 1 heterocycles. The minimum absolute atomic E-state index is 0.0270. The summed E-state index contributed by atoms with van der Waals surface area (Å²) in [5.74, 6) is 0.855. The Bertz CT molecular complexity index is 828. The number of nitrogens with one attached hydrogen (secondary N) is 1. The first kappa shape index (κ1) is 21.4. The maximum absolute atomic E-state index is 12.7. The van der Waals surface area contributed by atoms with Crippen LogP contribution in [-0.2, 0) is 4.79 Å². The molecule has 1 aliphatic heterocycles. The molecule has 2 aromatic rings. The Morgan fingerprint density at radius 3 is 2.31 bits per heavy atom. The highest BCUT2D eigenvalue weighted by Gasteiger charge is 2.28. The first-order chi connectivity index (χ1) is 14.0. The molecule has 2 aromatic carbocycles. The van der Waals surface area contributed by atoms with Gasteiger partial charge in [0.05, 0.1) is 12.6 Å². The maximum Gasteiger partial charge on any atom is 0.253 e. The number of carbonyl (C=O) groups is 2. The average molecular weight is 459 g/mol. The molecule has 0 aromatic heterocycles. The molecule has 0 aliphatic carbocycles. The topological polar surface area (TPSA) is 58.6 Å². The van der Waals surface area contributed by atoms with Gasteiger partial charge in [-0.1, -0.05) is 28.1 Å². The summed E-state index contributed by atoms with van der Waals surface area (Å²) in [5.41, 5.74) is 1.73. The molecule has 29 heavy (non-hydrogen) atoms. The molecule has 0 spiro atoms. The van der Waals surface area contributed by atoms with Gasteiger partial charge < -0.3 is 15.0 Å². The molecule has 1 fully saturated rings. The number of hydrogen-bond donors (Lipinski definition) is 1. The predicted octanol–water partition coefficient (Wildman–Crippen LogP) is 4.58. The number of halogens is 1. The van der Waals surface area contributed by atoms with Crippen molar-refractivity contribution in [3.63, 3.8) is 0 Å². The fraction of sp³-hybridized carbons (Fsp3) is 0.391. The van der Waals surface area contributed by atoms with E-state index in [9.17, 15) is 9.59 Å². The minimum atomic E-state index is -0.0689. The van der Waals surface area contributed by atoms with E-state index in [0.29, 0.717) is 38.1 Å². The molecule has 2 amide bonds. The third kappa shape index (κ3) is 5.60. The van der Waals surface area contributed by atoms with Gasteiger partial charge in [0.25, 0.3) is 5.91 Å². The van der Waals surface area contributed by atoms with Crippen molar-refractivity contribution in [2.24, 2.45) is 5.92 Å². The largest absolute Gasteiger partial charge is 0.494 e. The van der Waals surface area contributed by atoms with Crippen molar-refractivity contribution in [3.8, 4) is 5.75 Å². The second-order valence-corrected chi connectivity index (χ2v) is 8.22. The standard InChI is InChI=1S/C23H27BrN2O3/c1-3-29-21-10-6-17(7-11-21)16(2)25-22(27)18-12-14-26(15-13-18)23(28)19-4-8-20(24)9-5-19/h4-11,16,18H,3,12-15H2,1-2H3,(H,25,27). The summed E-state index contributed by atoms with van der Waals surface area (Å²) in [7, 11) is 0. The smallest absolute Gasteiger partial charge is 0.253 e. The molecular formula is C23H27BrN2O3. The number of likely N-dealkylation sites (tertiary alicyclic amines) is 1. The summed E-state index contributed by atoms with van der Waals surface area (Å²) in [5, 5.41) is 3.11. The first-order valence-electron chi connectivity index (χ1n) is 10.1. The van der Waals surface area contributed by atoms with Gasteiger partial charge in [0.15, 0.2) is 0 Å². The van der Waals surface area contributed by atoms with E-state index in [0.717, 1.165) is 15.8 Å². The molecule has 154 valence electrons. The van der Waals surface area contributed by atoms with Crippen molar-refractivity contribution in [2.45, 2.75) is 32.7 Å². The zero-order chi connectivity index (χ0) is 20.8. The number of ether oxygens (including phenoxy) is 1. The third-order valence-electron chi connectivity index (χ3n) is 5.29. The van der Waals surface area contributed by atoms with E-state index in [1.165, 1.54) is 0 Å². The van der Waals surface area contributed by atoms with Gasteiger partial charge in [-0.2, -0.15) is 0 Å². The van der Waals surface area contributed by atoms with E-state index in [1.54, 1.807) is 0 Å². The molecule has 1 aliphatic rings. The molecule has 6 heteroatoms. The summed E-state index contributed by atoms with van der Waals surface area (Å²) in [6.45, 7) is 5.78. The Kier molecular flexibility index (Phi) is 7.31. The van der Waals surface area contributed by atoms with Gasteiger partial charge in [0.1, 0.15) is 5.75 Å². The lowest BCUT2D eigenvalue weighted by atomic mass is 9.94. The van der Waals surface area contributed by atoms with Crippen molar-refractivity contribution >= 4 is 27.7 Å². The van der Waals surface area contributed by atoms with Gasteiger partial charge >= 0.3 is 0 Å². The van der Waals surface area contributed by atoms with E-state index in [2.05, 4.69) is 21.2 Å². The Morgan fingerprint density at radius 2 is 1.72 bits per heavy atom. The van der Waals surface area contributed by atoms with E-state index in [-0.39, 0.29) is 23.8 Å². The average Bonchev–Trinajstić information content (AvgIpc) is 2.74. The van der Waals surface area contributed by atoms with Crippen LogP contribution in [0, 0.1) is 5.92 Å². The highest BCUT2D eigenvalue weighted by Crippen LogP contribution is 2.22. The van der Waals surface area contributed by atoms with Crippen LogP contribution in [0.15, 0.2) is 53.0 Å². The lowest BCUT2D eigenvalue weighted by Crippen LogP contribution is -2.43. The van der Waals surface area contributed by atoms with Crippen LogP contribution in [0.4, 0.5) is 0 Å². The summed E-state index contributed by atoms with van der Waals surface area (Å²) in [4.78, 5) is 27.2. The zero-order valence-corrected chi connectivity index (χ0v) is 18.4. The number of rotatable bonds is 6. The maximum atomic E-state index is 12.7. The molecule has 0 saturated carbocycles. The van der Waals surface area contributed by atoms with Crippen LogP contribution < -0.4 is 10.1 Å². The van der Waals surface area contributed by atoms with Gasteiger partial charge in [-0.25, -0.2) is 0 Å². The lowest BCUT2D eigenvalue weighted by Gasteiger charge is -2.32. The van der Waals surface area contributed by atoms with Crippen LogP contribution in [0.1, 0.15) is 48.7 Å². The summed E-state index contributed by atoms with van der Waals surface area (Å²) in [6, 6.07) is 15.1. The van der Waals surface area contributed by atoms with Crippen molar-refractivity contribution in [1.82, 2.24) is 10.2 Å². The normalized spacial score (nSPS) is 15.6. The Balaban J connectivity index is 1.50. The predicted molar refractivity (Wildman–Crippen MR) is 117 cm³/mol. The van der Waals surface area contributed by atoms with Crippen molar-refractivity contribution in [3.05, 3.63) is 64.1 Å². The molecular weight excluding hydrogens is 432 g/mol. The molecule has 0 radical (unpaired) electrons. The summed E-state index contributed by atoms with van der Waals surface area (Å²) in [6.07, 6.45) is 1.37. The quantitative estimate of drug-likeness (QED) is 0.688. The molecule has 1 unspecified atom stereocenters. The Labute approximate surface area is 180 Å². The number of carbonyl (C=O) groups excluding carboxylic acids is 2. The highest BCUT2D eigenvalue weighted by molar-refractivity contribution is 9.10. The molecule has 1 saturated heterocycles. The van der Waals surface area contributed by atoms with Gasteiger partial charge in [0, 0.05) is 29.0 Å². The van der Waals surface area contributed by atoms with Crippen LogP contribution in [0.2, 0.25) is 0 Å². The highest BCUT2D eigenvalue weighted by atomic mass is 79.9. The van der Waals surface area contributed by atoms with E-state index < -0.39 is 0 Å². The monoisotopic (exact) mass is 458 g/mol. The second kappa shape index (κ2) is 9.92. The van der Waals surface area contributed by atoms with Crippen LogP contribution in [-0.4, -0.2) is 36.4 Å². The Morgan fingerprint density at radius 1 is 1.10 bits per heavy atom. The number of piperidine rings is 1.